The highest BCUT2D eigenvalue weighted by Gasteiger charge is 2.44. The number of nitrogens with zero attached hydrogens (tertiary/aromatic N) is 2. The standard InChI is InChI=1S/C24H18Cl2N2O2/c1-14-7-9-16(10-8-14)22(29)24-28-21(13-20(27-28)15-5-3-2-4-6-15)18-11-17(25)12-19(26)23(18)30-24/h2-12,21,24H,13H2,1H3/t21-,24-/m0/s1. The van der Waals surface area contributed by atoms with E-state index < -0.39 is 6.23 Å². The lowest BCUT2D eigenvalue weighted by molar-refractivity contribution is -0.00447. The summed E-state index contributed by atoms with van der Waals surface area (Å²) in [7, 11) is 0. The molecule has 2 aliphatic heterocycles. The van der Waals surface area contributed by atoms with Gasteiger partial charge in [-0.3, -0.25) is 4.79 Å². The number of benzene rings is 3. The van der Waals surface area contributed by atoms with Crippen LogP contribution in [0.5, 0.6) is 5.75 Å². The van der Waals surface area contributed by atoms with Crippen molar-refractivity contribution >= 4 is 34.7 Å². The Bertz CT molecular complexity index is 1160. The summed E-state index contributed by atoms with van der Waals surface area (Å²) in [6, 6.07) is 20.7. The Morgan fingerprint density at radius 1 is 1.07 bits per heavy atom. The van der Waals surface area contributed by atoms with Crippen LogP contribution in [-0.4, -0.2) is 22.7 Å². The number of fused-ring (bicyclic) bond motifs is 3. The summed E-state index contributed by atoms with van der Waals surface area (Å²) in [6.07, 6.45) is -0.264. The van der Waals surface area contributed by atoms with Gasteiger partial charge in [0.25, 0.3) is 6.23 Å². The van der Waals surface area contributed by atoms with Crippen molar-refractivity contribution in [2.75, 3.05) is 0 Å². The zero-order chi connectivity index (χ0) is 20.8. The maximum absolute atomic E-state index is 13.4. The Hall–Kier alpha value is -2.82. The molecule has 3 aromatic carbocycles. The highest BCUT2D eigenvalue weighted by atomic mass is 35.5. The Labute approximate surface area is 184 Å². The van der Waals surface area contributed by atoms with Crippen LogP contribution in [-0.2, 0) is 0 Å². The molecule has 0 N–H and O–H groups in total. The fourth-order valence-electron chi connectivity index (χ4n) is 3.95. The maximum atomic E-state index is 13.4. The van der Waals surface area contributed by atoms with E-state index in [4.69, 9.17) is 33.0 Å². The number of ether oxygens (including phenoxy) is 1. The van der Waals surface area contributed by atoms with Gasteiger partial charge in [0.1, 0.15) is 5.75 Å². The molecule has 2 atom stereocenters. The van der Waals surface area contributed by atoms with Gasteiger partial charge in [-0.05, 0) is 24.6 Å². The molecule has 30 heavy (non-hydrogen) atoms. The lowest BCUT2D eigenvalue weighted by Gasteiger charge is -2.37. The number of hydrogen-bond acceptors (Lipinski definition) is 4. The highest BCUT2D eigenvalue weighted by Crippen LogP contribution is 2.47. The fourth-order valence-corrected chi connectivity index (χ4v) is 4.51. The zero-order valence-corrected chi connectivity index (χ0v) is 17.7. The van der Waals surface area contributed by atoms with E-state index in [1.807, 2.05) is 67.6 Å². The molecule has 5 rings (SSSR count). The SMILES string of the molecule is Cc1ccc(C(=O)[C@@H]2Oc3c(Cl)cc(Cl)cc3[C@@H]3CC(c4ccccc4)=NN23)cc1. The summed E-state index contributed by atoms with van der Waals surface area (Å²) in [5, 5.41) is 7.47. The number of Topliss-reactive ketones (excluding diaryl/α,β-unsaturated/α-hetero) is 1. The van der Waals surface area contributed by atoms with Crippen molar-refractivity contribution in [3.8, 4) is 5.75 Å². The van der Waals surface area contributed by atoms with Crippen LogP contribution >= 0.6 is 23.2 Å². The van der Waals surface area contributed by atoms with E-state index in [9.17, 15) is 4.79 Å². The van der Waals surface area contributed by atoms with E-state index in [1.54, 1.807) is 11.1 Å². The molecule has 0 aliphatic carbocycles. The molecule has 0 spiro atoms. The average molecular weight is 437 g/mol. The van der Waals surface area contributed by atoms with Gasteiger partial charge < -0.3 is 4.74 Å². The highest BCUT2D eigenvalue weighted by molar-refractivity contribution is 6.35. The Morgan fingerprint density at radius 3 is 2.53 bits per heavy atom. The number of ketones is 1. The second-order valence-electron chi connectivity index (χ2n) is 7.52. The van der Waals surface area contributed by atoms with Crippen molar-refractivity contribution in [2.45, 2.75) is 25.6 Å². The van der Waals surface area contributed by atoms with Crippen molar-refractivity contribution in [2.24, 2.45) is 5.10 Å². The molecular formula is C24H18Cl2N2O2. The largest absolute Gasteiger partial charge is 0.459 e. The van der Waals surface area contributed by atoms with E-state index in [1.165, 1.54) is 0 Å². The smallest absolute Gasteiger partial charge is 0.251 e. The van der Waals surface area contributed by atoms with Crippen LogP contribution in [0.15, 0.2) is 71.8 Å². The lowest BCUT2D eigenvalue weighted by Crippen LogP contribution is -2.46. The van der Waals surface area contributed by atoms with Gasteiger partial charge in [-0.1, -0.05) is 83.4 Å². The van der Waals surface area contributed by atoms with Crippen LogP contribution in [0.25, 0.3) is 0 Å². The van der Waals surface area contributed by atoms with E-state index in [0.717, 1.165) is 22.4 Å². The van der Waals surface area contributed by atoms with Crippen LogP contribution in [0.1, 0.15) is 39.5 Å². The van der Waals surface area contributed by atoms with Gasteiger partial charge in [0, 0.05) is 22.6 Å². The van der Waals surface area contributed by atoms with Gasteiger partial charge in [0.05, 0.1) is 16.8 Å². The molecule has 150 valence electrons. The normalized spacial score (nSPS) is 19.6. The third kappa shape index (κ3) is 3.26. The summed E-state index contributed by atoms with van der Waals surface area (Å²) in [6.45, 7) is 1.98. The van der Waals surface area contributed by atoms with Crippen molar-refractivity contribution in [1.29, 1.82) is 0 Å². The molecule has 0 radical (unpaired) electrons. The number of hydrazone groups is 1. The molecular weight excluding hydrogens is 419 g/mol. The fraction of sp³-hybridized carbons (Fsp3) is 0.167. The minimum atomic E-state index is -0.898. The topological polar surface area (TPSA) is 41.9 Å². The number of carbonyl (C=O) groups is 1. The second kappa shape index (κ2) is 7.46. The monoisotopic (exact) mass is 436 g/mol. The quantitative estimate of drug-likeness (QED) is 0.468. The van der Waals surface area contributed by atoms with E-state index in [2.05, 4.69) is 0 Å². The zero-order valence-electron chi connectivity index (χ0n) is 16.2. The number of aryl methyl sites for hydroxylation is 1. The molecule has 6 heteroatoms. The first-order chi connectivity index (χ1) is 14.5. The predicted molar refractivity (Wildman–Crippen MR) is 119 cm³/mol. The van der Waals surface area contributed by atoms with Crippen LogP contribution in [0.4, 0.5) is 0 Å². The molecule has 0 amide bonds. The first kappa shape index (κ1) is 19.2. The van der Waals surface area contributed by atoms with Gasteiger partial charge in [-0.2, -0.15) is 5.10 Å². The number of halogens is 2. The van der Waals surface area contributed by atoms with Gasteiger partial charge in [0.2, 0.25) is 5.78 Å². The van der Waals surface area contributed by atoms with Crippen LogP contribution in [0.3, 0.4) is 0 Å². The Kier molecular flexibility index (Phi) is 4.76. The van der Waals surface area contributed by atoms with Crippen molar-refractivity contribution < 1.29 is 9.53 Å². The molecule has 3 aromatic rings. The van der Waals surface area contributed by atoms with Gasteiger partial charge in [-0.15, -0.1) is 0 Å². The molecule has 0 saturated carbocycles. The van der Waals surface area contributed by atoms with Crippen LogP contribution in [0, 0.1) is 6.92 Å². The van der Waals surface area contributed by atoms with E-state index in [-0.39, 0.29) is 11.8 Å². The maximum Gasteiger partial charge on any atom is 0.251 e. The van der Waals surface area contributed by atoms with Crippen molar-refractivity contribution in [3.05, 3.63) is 99.0 Å². The van der Waals surface area contributed by atoms with Crippen molar-refractivity contribution in [1.82, 2.24) is 5.01 Å². The summed E-state index contributed by atoms with van der Waals surface area (Å²) in [5.41, 5.74) is 4.41. The molecule has 0 fully saturated rings. The molecule has 0 bridgehead atoms. The third-order valence-electron chi connectivity index (χ3n) is 5.48. The molecule has 0 aromatic heterocycles. The Morgan fingerprint density at radius 2 is 1.80 bits per heavy atom. The predicted octanol–water partition coefficient (Wildman–Crippen LogP) is 6.05. The molecule has 2 aliphatic rings. The first-order valence-corrected chi connectivity index (χ1v) is 10.4. The average Bonchev–Trinajstić information content (AvgIpc) is 3.20. The summed E-state index contributed by atoms with van der Waals surface area (Å²) in [4.78, 5) is 13.4. The molecule has 2 heterocycles. The second-order valence-corrected chi connectivity index (χ2v) is 8.36. The number of carbonyl (C=O) groups excluding carboxylic acids is 1. The minimum absolute atomic E-state index is 0.158. The van der Waals surface area contributed by atoms with Crippen LogP contribution < -0.4 is 4.74 Å². The number of rotatable bonds is 3. The first-order valence-electron chi connectivity index (χ1n) is 9.69. The molecule has 0 unspecified atom stereocenters. The molecule has 0 saturated heterocycles. The van der Waals surface area contributed by atoms with E-state index in [0.29, 0.717) is 27.8 Å². The minimum Gasteiger partial charge on any atom is -0.459 e. The van der Waals surface area contributed by atoms with Gasteiger partial charge in [0.15, 0.2) is 0 Å². The van der Waals surface area contributed by atoms with E-state index >= 15 is 0 Å². The van der Waals surface area contributed by atoms with Gasteiger partial charge in [-0.25, -0.2) is 5.01 Å². The Balaban J connectivity index is 1.60. The van der Waals surface area contributed by atoms with Crippen LogP contribution in [0.2, 0.25) is 10.0 Å². The lowest BCUT2D eigenvalue weighted by atomic mass is 9.95. The number of hydrogen-bond donors (Lipinski definition) is 0. The summed E-state index contributed by atoms with van der Waals surface area (Å²) in [5.74, 6) is 0.340. The summed E-state index contributed by atoms with van der Waals surface area (Å²) >= 11 is 12.7. The molecule has 4 nitrogen and oxygen atoms in total. The van der Waals surface area contributed by atoms with Crippen molar-refractivity contribution in [3.63, 3.8) is 0 Å². The summed E-state index contributed by atoms with van der Waals surface area (Å²) < 4.78 is 6.14. The van der Waals surface area contributed by atoms with Gasteiger partial charge >= 0.3 is 0 Å². The third-order valence-corrected chi connectivity index (χ3v) is 5.97.